The van der Waals surface area contributed by atoms with E-state index in [1.807, 2.05) is 20.8 Å². The summed E-state index contributed by atoms with van der Waals surface area (Å²) in [6, 6.07) is -1.14. The quantitative estimate of drug-likeness (QED) is 0.268. The molecule has 2 N–H and O–H groups in total. The summed E-state index contributed by atoms with van der Waals surface area (Å²) in [5, 5.41) is 0. The lowest BCUT2D eigenvalue weighted by atomic mass is 10.0. The Kier molecular flexibility index (Phi) is 6.42. The molecule has 0 rings (SSSR count). The molecule has 0 aromatic carbocycles. The average Bonchev–Trinajstić information content (AvgIpc) is 2.23. The minimum Gasteiger partial charge on any atom is -0.451 e. The fraction of sp³-hybridized carbons (Fsp3) is 0.786. The molecule has 0 aliphatic rings. The first-order chi connectivity index (χ1) is 9.28. The summed E-state index contributed by atoms with van der Waals surface area (Å²) in [6.07, 6.45) is -0.656. The number of hydrogen-bond acceptors (Lipinski definition) is 5. The van der Waals surface area contributed by atoms with Gasteiger partial charge >= 0.3 is 11.7 Å². The molecule has 0 heterocycles. The Balaban J connectivity index is 5.04. The highest BCUT2D eigenvalue weighted by molar-refractivity contribution is 6.63. The Bertz CT molecular complexity index is 454. The molecule has 0 bridgehead atoms. The van der Waals surface area contributed by atoms with Crippen molar-refractivity contribution in [2.75, 3.05) is 0 Å². The Hall–Kier alpha value is -1.56. The van der Waals surface area contributed by atoms with Gasteiger partial charge in [0.15, 0.2) is 0 Å². The SMILES string of the molecule is CC(OC(C)(C)C)[C@H](N)C(=O)C(=[N+]=[N-])C(=O)OC(C)(C)C. The predicted octanol–water partition coefficient (Wildman–Crippen LogP) is 1.10. The van der Waals surface area contributed by atoms with E-state index in [4.69, 9.17) is 20.7 Å². The summed E-state index contributed by atoms with van der Waals surface area (Å²) in [5.74, 6) is -1.85. The van der Waals surface area contributed by atoms with Crippen LogP contribution in [0, 0.1) is 0 Å². The Morgan fingerprint density at radius 1 is 1.10 bits per heavy atom. The minimum atomic E-state index is -1.14. The topological polar surface area (TPSA) is 115 Å². The van der Waals surface area contributed by atoms with Gasteiger partial charge in [0.05, 0.1) is 11.7 Å². The highest BCUT2D eigenvalue weighted by Gasteiger charge is 2.40. The van der Waals surface area contributed by atoms with E-state index in [0.717, 1.165) is 0 Å². The Morgan fingerprint density at radius 2 is 1.57 bits per heavy atom. The summed E-state index contributed by atoms with van der Waals surface area (Å²) in [4.78, 5) is 26.7. The first kappa shape index (κ1) is 19.4. The van der Waals surface area contributed by atoms with E-state index in [1.54, 1.807) is 27.7 Å². The van der Waals surface area contributed by atoms with Crippen LogP contribution < -0.4 is 5.73 Å². The fourth-order valence-corrected chi connectivity index (χ4v) is 1.52. The van der Waals surface area contributed by atoms with Gasteiger partial charge in [-0.25, -0.2) is 4.79 Å². The highest BCUT2D eigenvalue weighted by atomic mass is 16.6. The number of carbonyl (C=O) groups is 2. The lowest BCUT2D eigenvalue weighted by Gasteiger charge is -2.27. The third kappa shape index (κ3) is 7.13. The van der Waals surface area contributed by atoms with Gasteiger partial charge in [0.2, 0.25) is 0 Å². The van der Waals surface area contributed by atoms with Gasteiger partial charge in [-0.3, -0.25) is 4.79 Å². The van der Waals surface area contributed by atoms with E-state index in [1.165, 1.54) is 0 Å². The first-order valence-corrected chi connectivity index (χ1v) is 6.71. The van der Waals surface area contributed by atoms with Crippen molar-refractivity contribution in [1.82, 2.24) is 0 Å². The number of ketones is 1. The zero-order chi connectivity index (χ0) is 17.0. The van der Waals surface area contributed by atoms with Crippen molar-refractivity contribution in [3.05, 3.63) is 5.53 Å². The third-order valence-electron chi connectivity index (χ3n) is 2.27. The largest absolute Gasteiger partial charge is 0.451 e. The number of carbonyl (C=O) groups excluding carboxylic acids is 2. The third-order valence-corrected chi connectivity index (χ3v) is 2.27. The molecule has 0 aromatic rings. The van der Waals surface area contributed by atoms with Crippen LogP contribution in [0.15, 0.2) is 0 Å². The van der Waals surface area contributed by atoms with Crippen LogP contribution >= 0.6 is 0 Å². The standard InChI is InChI=1S/C14H25N3O4/c1-8(20-13(2,3)4)9(15)11(18)10(17-16)12(19)21-14(5,6)7/h8-9H,15H2,1-7H3/t8?,9-/m0/s1. The molecular formula is C14H25N3O4. The molecule has 2 atom stereocenters. The maximum absolute atomic E-state index is 12.1. The van der Waals surface area contributed by atoms with Crippen LogP contribution in [-0.4, -0.2) is 45.6 Å². The molecule has 120 valence electrons. The van der Waals surface area contributed by atoms with E-state index >= 15 is 0 Å². The van der Waals surface area contributed by atoms with Crippen molar-refractivity contribution >= 4 is 17.5 Å². The second-order valence-electron chi connectivity index (χ2n) is 6.78. The smallest absolute Gasteiger partial charge is 0.443 e. The predicted molar refractivity (Wildman–Crippen MR) is 77.8 cm³/mol. The van der Waals surface area contributed by atoms with Gasteiger partial charge in [0.25, 0.3) is 5.78 Å². The molecule has 0 radical (unpaired) electrons. The monoisotopic (exact) mass is 299 g/mol. The van der Waals surface area contributed by atoms with Gasteiger partial charge in [0.1, 0.15) is 11.6 Å². The van der Waals surface area contributed by atoms with Crippen LogP contribution in [0.3, 0.4) is 0 Å². The molecule has 0 saturated carbocycles. The number of esters is 1. The lowest BCUT2D eigenvalue weighted by Crippen LogP contribution is -2.50. The molecule has 7 heteroatoms. The second kappa shape index (κ2) is 6.93. The average molecular weight is 299 g/mol. The van der Waals surface area contributed by atoms with Gasteiger partial charge < -0.3 is 20.7 Å². The van der Waals surface area contributed by atoms with Crippen molar-refractivity contribution in [3.63, 3.8) is 0 Å². The van der Waals surface area contributed by atoms with Crippen LogP contribution in [0.4, 0.5) is 0 Å². The molecule has 0 spiro atoms. The molecule has 1 unspecified atom stereocenters. The summed E-state index contributed by atoms with van der Waals surface area (Å²) in [7, 11) is 0. The normalized spacial score (nSPS) is 14.9. The van der Waals surface area contributed by atoms with Gasteiger partial charge in [-0.15, -0.1) is 0 Å². The minimum absolute atomic E-state index is 0.500. The number of Topliss-reactive ketones (excluding diaryl/α,β-unsaturated/α-hetero) is 1. The Labute approximate surface area is 125 Å². The lowest BCUT2D eigenvalue weighted by molar-refractivity contribution is -0.152. The van der Waals surface area contributed by atoms with Crippen LogP contribution in [0.1, 0.15) is 48.5 Å². The number of ether oxygens (including phenoxy) is 2. The van der Waals surface area contributed by atoms with Gasteiger partial charge in [0, 0.05) is 0 Å². The van der Waals surface area contributed by atoms with Crippen LogP contribution in [0.25, 0.3) is 5.53 Å². The van der Waals surface area contributed by atoms with E-state index < -0.39 is 40.8 Å². The van der Waals surface area contributed by atoms with E-state index in [9.17, 15) is 9.59 Å². The maximum Gasteiger partial charge on any atom is 0.443 e. The van der Waals surface area contributed by atoms with E-state index in [0.29, 0.717) is 0 Å². The molecule has 0 aliphatic heterocycles. The summed E-state index contributed by atoms with van der Waals surface area (Å²) >= 11 is 0. The number of nitrogens with zero attached hydrogens (tertiary/aromatic N) is 2. The van der Waals surface area contributed by atoms with Gasteiger partial charge in [-0.2, -0.15) is 4.79 Å². The van der Waals surface area contributed by atoms with E-state index in [-0.39, 0.29) is 0 Å². The fourth-order valence-electron chi connectivity index (χ4n) is 1.52. The van der Waals surface area contributed by atoms with Crippen molar-refractivity contribution in [3.8, 4) is 0 Å². The van der Waals surface area contributed by atoms with Gasteiger partial charge in [-0.05, 0) is 48.5 Å². The summed E-state index contributed by atoms with van der Waals surface area (Å²) in [6.45, 7) is 12.0. The molecule has 0 amide bonds. The van der Waals surface area contributed by atoms with Crippen LogP contribution in [-0.2, 0) is 19.1 Å². The van der Waals surface area contributed by atoms with Crippen LogP contribution in [0.2, 0.25) is 0 Å². The number of nitrogens with two attached hydrogens (primary N) is 1. The summed E-state index contributed by atoms with van der Waals surface area (Å²) < 4.78 is 10.6. The zero-order valence-electron chi connectivity index (χ0n) is 13.8. The van der Waals surface area contributed by atoms with Gasteiger partial charge in [-0.1, -0.05) is 0 Å². The molecule has 7 nitrogen and oxygen atoms in total. The van der Waals surface area contributed by atoms with Crippen molar-refractivity contribution < 1.29 is 23.9 Å². The second-order valence-corrected chi connectivity index (χ2v) is 6.78. The first-order valence-electron chi connectivity index (χ1n) is 6.71. The molecule has 0 fully saturated rings. The van der Waals surface area contributed by atoms with E-state index in [2.05, 4.69) is 4.79 Å². The number of hydrogen-bond donors (Lipinski definition) is 1. The molecule has 21 heavy (non-hydrogen) atoms. The maximum atomic E-state index is 12.1. The summed E-state index contributed by atoms with van der Waals surface area (Å²) in [5.41, 5.74) is 12.6. The molecule has 0 saturated heterocycles. The molecular weight excluding hydrogens is 274 g/mol. The number of rotatable bonds is 5. The molecule has 0 aromatic heterocycles. The van der Waals surface area contributed by atoms with Crippen LogP contribution in [0.5, 0.6) is 0 Å². The van der Waals surface area contributed by atoms with Crippen molar-refractivity contribution in [2.45, 2.75) is 71.8 Å². The van der Waals surface area contributed by atoms with Crippen molar-refractivity contribution in [1.29, 1.82) is 0 Å². The highest BCUT2D eigenvalue weighted by Crippen LogP contribution is 2.13. The Morgan fingerprint density at radius 3 is 1.90 bits per heavy atom. The molecule has 0 aliphatic carbocycles. The zero-order valence-corrected chi connectivity index (χ0v) is 13.8. The van der Waals surface area contributed by atoms with Crippen molar-refractivity contribution in [2.24, 2.45) is 5.73 Å².